The van der Waals surface area contributed by atoms with Crippen LogP contribution >= 0.6 is 12.2 Å². The van der Waals surface area contributed by atoms with Gasteiger partial charge in [0.25, 0.3) is 17.5 Å². The van der Waals surface area contributed by atoms with E-state index in [1.165, 1.54) is 31.4 Å². The van der Waals surface area contributed by atoms with Crippen LogP contribution in [-0.4, -0.2) is 35.6 Å². The van der Waals surface area contributed by atoms with Crippen molar-refractivity contribution < 1.29 is 24.0 Å². The highest BCUT2D eigenvalue weighted by molar-refractivity contribution is 7.80. The van der Waals surface area contributed by atoms with Gasteiger partial charge in [-0.1, -0.05) is 24.3 Å². The molecule has 0 aromatic heterocycles. The third-order valence-corrected chi connectivity index (χ3v) is 3.52. The third kappa shape index (κ3) is 5.64. The van der Waals surface area contributed by atoms with Gasteiger partial charge in [-0.05, 0) is 30.4 Å². The van der Waals surface area contributed by atoms with Crippen molar-refractivity contribution in [1.29, 1.82) is 0 Å². The lowest BCUT2D eigenvalue weighted by Gasteiger charge is -2.12. The first-order chi connectivity index (χ1) is 13.4. The first-order valence-corrected chi connectivity index (χ1v) is 8.22. The standard InChI is InChI=1S/C17H16N4O6S/c1-26-13-8-4-5-9-14(13)27-10-15(22)19-20-17(28)18-16(23)11-6-2-3-7-12(11)21(24)25/h2-9H,10H2,1H3,(H,19,22)(H2,18,20,23,28). The molecule has 0 heterocycles. The molecule has 0 aliphatic rings. The topological polar surface area (TPSA) is 132 Å². The molecule has 2 amide bonds. The van der Waals surface area contributed by atoms with Crippen LogP contribution < -0.4 is 25.6 Å². The predicted octanol–water partition coefficient (Wildman–Crippen LogP) is 1.32. The number of amides is 2. The van der Waals surface area contributed by atoms with Crippen LogP contribution in [0.15, 0.2) is 48.5 Å². The quantitative estimate of drug-likeness (QED) is 0.373. The molecule has 146 valence electrons. The Kier molecular flexibility index (Phi) is 7.22. The number of hydrazine groups is 1. The number of hydrogen-bond donors (Lipinski definition) is 3. The molecule has 28 heavy (non-hydrogen) atoms. The van der Waals surface area contributed by atoms with E-state index in [0.717, 1.165) is 0 Å². The summed E-state index contributed by atoms with van der Waals surface area (Å²) in [6.45, 7) is -0.339. The van der Waals surface area contributed by atoms with E-state index in [-0.39, 0.29) is 23.0 Å². The summed E-state index contributed by atoms with van der Waals surface area (Å²) in [4.78, 5) is 34.2. The number of thiocarbonyl (C=S) groups is 1. The Balaban J connectivity index is 1.83. The van der Waals surface area contributed by atoms with Gasteiger partial charge in [0.1, 0.15) is 5.56 Å². The molecule has 0 unspecified atom stereocenters. The number of benzene rings is 2. The van der Waals surface area contributed by atoms with Crippen LogP contribution in [0.25, 0.3) is 0 Å². The molecule has 2 aromatic rings. The van der Waals surface area contributed by atoms with Crippen molar-refractivity contribution in [2.45, 2.75) is 0 Å². The highest BCUT2D eigenvalue weighted by Crippen LogP contribution is 2.25. The summed E-state index contributed by atoms with van der Waals surface area (Å²) in [5.74, 6) is -0.513. The monoisotopic (exact) mass is 404 g/mol. The van der Waals surface area contributed by atoms with Crippen molar-refractivity contribution in [2.24, 2.45) is 0 Å². The maximum absolute atomic E-state index is 12.1. The summed E-state index contributed by atoms with van der Waals surface area (Å²) in [6.07, 6.45) is 0. The smallest absolute Gasteiger partial charge is 0.282 e. The number of para-hydroxylation sites is 3. The fraction of sp³-hybridized carbons (Fsp3) is 0.118. The highest BCUT2D eigenvalue weighted by Gasteiger charge is 2.20. The SMILES string of the molecule is COc1ccccc1OCC(=O)NNC(=S)NC(=O)c1ccccc1[N+](=O)[O-]. The van der Waals surface area contributed by atoms with Gasteiger partial charge in [0.05, 0.1) is 12.0 Å². The van der Waals surface area contributed by atoms with Crippen molar-refractivity contribution in [3.05, 3.63) is 64.2 Å². The number of nitrogens with one attached hydrogen (secondary N) is 3. The molecule has 2 rings (SSSR count). The molecule has 0 spiro atoms. The third-order valence-electron chi connectivity index (χ3n) is 3.32. The molecule has 0 saturated heterocycles. The number of ether oxygens (including phenoxy) is 2. The van der Waals surface area contributed by atoms with Crippen molar-refractivity contribution in [2.75, 3.05) is 13.7 Å². The Labute approximate surface area is 164 Å². The summed E-state index contributed by atoms with van der Waals surface area (Å²) in [5, 5.41) is 13.0. The minimum atomic E-state index is -0.788. The Hall–Kier alpha value is -3.73. The lowest BCUT2D eigenvalue weighted by molar-refractivity contribution is -0.385. The Bertz CT molecular complexity index is 905. The van der Waals surface area contributed by atoms with Crippen LogP contribution in [-0.2, 0) is 4.79 Å². The summed E-state index contributed by atoms with van der Waals surface area (Å²) in [5.41, 5.74) is 4.03. The van der Waals surface area contributed by atoms with Gasteiger partial charge in [0.15, 0.2) is 23.2 Å². The Morgan fingerprint density at radius 1 is 1.07 bits per heavy atom. The van der Waals surface area contributed by atoms with Gasteiger partial charge in [0, 0.05) is 6.07 Å². The highest BCUT2D eigenvalue weighted by atomic mass is 32.1. The molecule has 10 nitrogen and oxygen atoms in total. The van der Waals surface area contributed by atoms with Crippen LogP contribution in [0.5, 0.6) is 11.5 Å². The number of hydrogen-bond acceptors (Lipinski definition) is 7. The first-order valence-electron chi connectivity index (χ1n) is 7.81. The summed E-state index contributed by atoms with van der Waals surface area (Å²) >= 11 is 4.89. The second-order valence-corrected chi connectivity index (χ2v) is 5.58. The molecule has 11 heteroatoms. The van der Waals surface area contributed by atoms with E-state index in [1.54, 1.807) is 24.3 Å². The van der Waals surface area contributed by atoms with E-state index in [0.29, 0.717) is 11.5 Å². The van der Waals surface area contributed by atoms with Gasteiger partial charge in [-0.2, -0.15) is 0 Å². The van der Waals surface area contributed by atoms with Crippen molar-refractivity contribution in [3.63, 3.8) is 0 Å². The Morgan fingerprint density at radius 2 is 1.71 bits per heavy atom. The van der Waals surface area contributed by atoms with Crippen LogP contribution in [0, 0.1) is 10.1 Å². The van der Waals surface area contributed by atoms with Crippen LogP contribution in [0.3, 0.4) is 0 Å². The van der Waals surface area contributed by atoms with Crippen molar-refractivity contribution >= 4 is 34.8 Å². The average molecular weight is 404 g/mol. The number of nitro groups is 1. The van der Waals surface area contributed by atoms with E-state index >= 15 is 0 Å². The van der Waals surface area contributed by atoms with Crippen molar-refractivity contribution in [3.8, 4) is 11.5 Å². The zero-order valence-corrected chi connectivity index (χ0v) is 15.4. The molecule has 0 radical (unpaired) electrons. The molecular weight excluding hydrogens is 388 g/mol. The van der Waals surface area contributed by atoms with Gasteiger partial charge in [-0.3, -0.25) is 35.9 Å². The zero-order chi connectivity index (χ0) is 20.5. The second-order valence-electron chi connectivity index (χ2n) is 5.17. The Morgan fingerprint density at radius 3 is 2.39 bits per heavy atom. The van der Waals surface area contributed by atoms with E-state index in [1.807, 2.05) is 0 Å². The molecule has 0 aliphatic heterocycles. The van der Waals surface area contributed by atoms with Crippen LogP contribution in [0.4, 0.5) is 5.69 Å². The molecule has 0 bridgehead atoms. The fourth-order valence-corrected chi connectivity index (χ4v) is 2.21. The van der Waals surface area contributed by atoms with Gasteiger partial charge in [-0.15, -0.1) is 0 Å². The molecule has 0 saturated carbocycles. The number of carbonyl (C=O) groups is 2. The molecule has 0 atom stereocenters. The van der Waals surface area contributed by atoms with E-state index in [9.17, 15) is 19.7 Å². The van der Waals surface area contributed by atoms with Crippen molar-refractivity contribution in [1.82, 2.24) is 16.2 Å². The van der Waals surface area contributed by atoms with Gasteiger partial charge < -0.3 is 9.47 Å². The minimum Gasteiger partial charge on any atom is -0.493 e. The van der Waals surface area contributed by atoms with E-state index in [4.69, 9.17) is 21.7 Å². The lowest BCUT2D eigenvalue weighted by Crippen LogP contribution is -2.49. The predicted molar refractivity (Wildman–Crippen MR) is 103 cm³/mol. The number of nitro benzene ring substituents is 1. The van der Waals surface area contributed by atoms with Crippen LogP contribution in [0.2, 0.25) is 0 Å². The zero-order valence-electron chi connectivity index (χ0n) is 14.6. The summed E-state index contributed by atoms with van der Waals surface area (Å²) in [7, 11) is 1.47. The molecular formula is C17H16N4O6S. The van der Waals surface area contributed by atoms with Gasteiger partial charge in [-0.25, -0.2) is 0 Å². The average Bonchev–Trinajstić information content (AvgIpc) is 2.70. The molecule has 2 aromatic carbocycles. The second kappa shape index (κ2) is 9.83. The summed E-state index contributed by atoms with van der Waals surface area (Å²) in [6, 6.07) is 12.2. The normalized spacial score (nSPS) is 9.75. The van der Waals surface area contributed by atoms with E-state index in [2.05, 4.69) is 16.2 Å². The molecule has 0 aliphatic carbocycles. The summed E-state index contributed by atoms with van der Waals surface area (Å²) < 4.78 is 10.4. The first kappa shape index (κ1) is 20.6. The maximum Gasteiger partial charge on any atom is 0.282 e. The number of nitrogens with zero attached hydrogens (tertiary/aromatic N) is 1. The maximum atomic E-state index is 12.1. The van der Waals surface area contributed by atoms with E-state index < -0.39 is 16.7 Å². The largest absolute Gasteiger partial charge is 0.493 e. The number of rotatable bonds is 6. The fourth-order valence-electron chi connectivity index (χ4n) is 2.07. The number of carbonyl (C=O) groups excluding carboxylic acids is 2. The lowest BCUT2D eigenvalue weighted by atomic mass is 10.1. The van der Waals surface area contributed by atoms with Gasteiger partial charge in [0.2, 0.25) is 0 Å². The molecule has 3 N–H and O–H groups in total. The van der Waals surface area contributed by atoms with Crippen LogP contribution in [0.1, 0.15) is 10.4 Å². The molecule has 0 fully saturated rings. The minimum absolute atomic E-state index is 0.164. The number of methoxy groups -OCH3 is 1. The van der Waals surface area contributed by atoms with Gasteiger partial charge >= 0.3 is 0 Å².